The lowest BCUT2D eigenvalue weighted by atomic mass is 9.72. The minimum absolute atomic E-state index is 0.00527. The smallest absolute Gasteiger partial charge is 0.301 e. The number of aromatic nitrogens is 2. The Balaban J connectivity index is 0.671. The number of hydrogen-bond acceptors (Lipinski definition) is 10. The SMILES string of the molecule is O=C1CCC(N2Cc3cc(N4CCC(CN5CC6(C5)CN(c5ccc(-c7cnc8[nH]cc(C(=O)c9c(F)ccc(NS(=O)(=O)N%10CCC(F)C%10)c9F)c8c7)cc5)C6)CC4)ccc3C2=O)C(=O)N1. The monoisotopic (exact) mass is 935 g/mol. The number of piperidine rings is 2. The Morgan fingerprint density at radius 3 is 2.36 bits per heavy atom. The molecule has 2 unspecified atom stereocenters. The third kappa shape index (κ3) is 7.89. The van der Waals surface area contributed by atoms with Crippen LogP contribution >= 0.6 is 0 Å². The van der Waals surface area contributed by atoms with Crippen molar-refractivity contribution >= 4 is 61.8 Å². The Labute approximate surface area is 384 Å². The Kier molecular flexibility index (Phi) is 10.6. The summed E-state index contributed by atoms with van der Waals surface area (Å²) in [6, 6.07) is 16.9. The highest BCUT2D eigenvalue weighted by Crippen LogP contribution is 2.43. The average Bonchev–Trinajstić information content (AvgIpc) is 4.02. The number of carbonyl (C=O) groups excluding carboxylic acids is 4. The molecule has 15 nitrogen and oxygen atoms in total. The minimum Gasteiger partial charge on any atom is -0.372 e. The summed E-state index contributed by atoms with van der Waals surface area (Å²) in [5, 5.41) is 2.70. The van der Waals surface area contributed by atoms with Crippen LogP contribution in [0, 0.1) is 23.0 Å². The van der Waals surface area contributed by atoms with E-state index in [2.05, 4.69) is 48.2 Å². The molecule has 0 saturated carbocycles. The van der Waals surface area contributed by atoms with Gasteiger partial charge in [-0.2, -0.15) is 12.7 Å². The van der Waals surface area contributed by atoms with Gasteiger partial charge in [-0.05, 0) is 91.3 Å². The van der Waals surface area contributed by atoms with Crippen molar-refractivity contribution in [2.75, 3.05) is 73.4 Å². The maximum atomic E-state index is 15.8. The Morgan fingerprint density at radius 1 is 0.866 bits per heavy atom. The number of anilines is 3. The Bertz CT molecular complexity index is 2960. The molecule has 11 rings (SSSR count). The number of aromatic amines is 1. The number of benzene rings is 3. The number of halogens is 3. The topological polar surface area (TPSA) is 171 Å². The molecule has 5 saturated heterocycles. The molecule has 0 aliphatic carbocycles. The zero-order chi connectivity index (χ0) is 46.4. The van der Waals surface area contributed by atoms with Crippen molar-refractivity contribution < 1.29 is 40.8 Å². The fourth-order valence-electron chi connectivity index (χ4n) is 11.0. The Morgan fingerprint density at radius 2 is 1.63 bits per heavy atom. The molecule has 348 valence electrons. The maximum absolute atomic E-state index is 15.8. The van der Waals surface area contributed by atoms with Gasteiger partial charge >= 0.3 is 10.2 Å². The van der Waals surface area contributed by atoms with E-state index in [-0.39, 0.29) is 48.7 Å². The molecule has 19 heteroatoms. The zero-order valence-corrected chi connectivity index (χ0v) is 37.3. The molecule has 8 heterocycles. The average molecular weight is 936 g/mol. The number of carbonyl (C=O) groups is 4. The second kappa shape index (κ2) is 16.5. The highest BCUT2D eigenvalue weighted by Gasteiger charge is 2.52. The first-order valence-electron chi connectivity index (χ1n) is 22.7. The van der Waals surface area contributed by atoms with Crippen LogP contribution in [0.15, 0.2) is 73.1 Å². The van der Waals surface area contributed by atoms with Crippen LogP contribution in [0.4, 0.5) is 30.2 Å². The van der Waals surface area contributed by atoms with Gasteiger partial charge in [0, 0.05) is 123 Å². The first kappa shape index (κ1) is 43.3. The lowest BCUT2D eigenvalue weighted by molar-refractivity contribution is -0.136. The van der Waals surface area contributed by atoms with Gasteiger partial charge in [-0.3, -0.25) is 29.2 Å². The van der Waals surface area contributed by atoms with Gasteiger partial charge in [0.05, 0.1) is 11.3 Å². The number of H-pyrrole nitrogens is 1. The molecule has 2 aromatic heterocycles. The van der Waals surface area contributed by atoms with E-state index in [4.69, 9.17) is 0 Å². The number of ketones is 1. The third-order valence-corrected chi connectivity index (χ3v) is 16.0. The van der Waals surface area contributed by atoms with E-state index in [0.717, 1.165) is 97.6 Å². The molecule has 3 amide bonds. The lowest BCUT2D eigenvalue weighted by Gasteiger charge is -2.61. The first-order valence-corrected chi connectivity index (χ1v) is 24.2. The van der Waals surface area contributed by atoms with Crippen molar-refractivity contribution in [1.29, 1.82) is 0 Å². The molecule has 67 heavy (non-hydrogen) atoms. The summed E-state index contributed by atoms with van der Waals surface area (Å²) >= 11 is 0. The summed E-state index contributed by atoms with van der Waals surface area (Å²) in [7, 11) is -4.35. The number of rotatable bonds is 11. The standard InChI is InChI=1S/C48H48F3N9O6S/c49-32-13-16-59(23-32)67(65,66)55-39-8-7-38(50)42(43(39)51)44(62)37-20-53-45-36(37)18-30(19-52-45)29-1-3-33(4-2-29)58-26-48(27-58)24-56(25-48)21-28-11-14-57(15-12-28)34-5-6-35-31(17-34)22-60(47(35)64)40-9-10-41(61)54-46(40)63/h1-8,17-20,28,32,40,55H,9-16,21-27H2,(H,52,53)(H,54,61,63). The normalized spacial score (nSPS) is 22.3. The van der Waals surface area contributed by atoms with Crippen molar-refractivity contribution in [2.45, 2.75) is 50.9 Å². The predicted molar refractivity (Wildman–Crippen MR) is 243 cm³/mol. The first-order chi connectivity index (χ1) is 32.2. The molecular weight excluding hydrogens is 888 g/mol. The quantitative estimate of drug-likeness (QED) is 0.118. The van der Waals surface area contributed by atoms with Crippen LogP contribution in [-0.4, -0.2) is 127 Å². The number of fused-ring (bicyclic) bond motifs is 2. The van der Waals surface area contributed by atoms with Crippen LogP contribution in [0.25, 0.3) is 22.2 Å². The van der Waals surface area contributed by atoms with Crippen molar-refractivity contribution in [2.24, 2.45) is 11.3 Å². The lowest BCUT2D eigenvalue weighted by Crippen LogP contribution is -2.72. The maximum Gasteiger partial charge on any atom is 0.301 e. The molecular formula is C48H48F3N9O6S. The highest BCUT2D eigenvalue weighted by molar-refractivity contribution is 7.90. The van der Waals surface area contributed by atoms with Crippen molar-refractivity contribution in [3.05, 3.63) is 107 Å². The largest absolute Gasteiger partial charge is 0.372 e. The molecule has 5 fully saturated rings. The van der Waals surface area contributed by atoms with Crippen LogP contribution in [0.3, 0.4) is 0 Å². The molecule has 5 aromatic rings. The summed E-state index contributed by atoms with van der Waals surface area (Å²) in [4.78, 5) is 67.3. The van der Waals surface area contributed by atoms with Crippen LogP contribution in [0.2, 0.25) is 0 Å². The summed E-state index contributed by atoms with van der Waals surface area (Å²) in [6.07, 6.45) is 4.39. The van der Waals surface area contributed by atoms with E-state index in [9.17, 15) is 32.0 Å². The number of amides is 3. The Hall–Kier alpha value is -6.31. The van der Waals surface area contributed by atoms with E-state index in [0.29, 0.717) is 41.0 Å². The molecule has 2 atom stereocenters. The number of imide groups is 1. The van der Waals surface area contributed by atoms with E-state index >= 15 is 8.78 Å². The van der Waals surface area contributed by atoms with E-state index in [1.807, 2.05) is 29.0 Å². The fraction of sp³-hybridized carbons (Fsp3) is 0.396. The second-order valence-electron chi connectivity index (χ2n) is 19.0. The van der Waals surface area contributed by atoms with Crippen molar-refractivity contribution in [3.63, 3.8) is 0 Å². The summed E-state index contributed by atoms with van der Waals surface area (Å²) in [5.41, 5.74) is 4.30. The third-order valence-electron chi connectivity index (χ3n) is 14.5. The minimum atomic E-state index is -4.35. The van der Waals surface area contributed by atoms with Gasteiger partial charge in [0.15, 0.2) is 5.82 Å². The van der Waals surface area contributed by atoms with Gasteiger partial charge in [-0.15, -0.1) is 0 Å². The number of nitrogens with zero attached hydrogens (tertiary/aromatic N) is 6. The van der Waals surface area contributed by atoms with Gasteiger partial charge < -0.3 is 24.6 Å². The van der Waals surface area contributed by atoms with E-state index in [1.54, 1.807) is 17.2 Å². The van der Waals surface area contributed by atoms with Crippen LogP contribution < -0.4 is 19.8 Å². The molecule has 3 N–H and O–H groups in total. The van der Waals surface area contributed by atoms with Gasteiger partial charge in [0.1, 0.15) is 23.7 Å². The summed E-state index contributed by atoms with van der Waals surface area (Å²) < 4.78 is 73.1. The van der Waals surface area contributed by atoms with E-state index < -0.39 is 57.0 Å². The number of pyridine rings is 1. The highest BCUT2D eigenvalue weighted by atomic mass is 32.2. The predicted octanol–water partition coefficient (Wildman–Crippen LogP) is 5.24. The number of likely N-dealkylation sites (tertiary alicyclic amines) is 1. The van der Waals surface area contributed by atoms with Crippen molar-refractivity contribution in [1.82, 2.24) is 29.4 Å². The molecule has 1 spiro atoms. The van der Waals surface area contributed by atoms with Crippen LogP contribution in [-0.2, 0) is 26.3 Å². The molecule has 6 aliphatic heterocycles. The molecule has 0 bridgehead atoms. The van der Waals surface area contributed by atoms with Gasteiger partial charge in [-0.25, -0.2) is 18.2 Å². The molecule has 0 radical (unpaired) electrons. The molecule has 6 aliphatic rings. The van der Waals surface area contributed by atoms with Gasteiger partial charge in [0.25, 0.3) is 5.91 Å². The second-order valence-corrected chi connectivity index (χ2v) is 20.7. The van der Waals surface area contributed by atoms with Crippen LogP contribution in [0.1, 0.15) is 63.9 Å². The van der Waals surface area contributed by atoms with Gasteiger partial charge in [-0.1, -0.05) is 12.1 Å². The van der Waals surface area contributed by atoms with Crippen molar-refractivity contribution in [3.8, 4) is 11.1 Å². The number of hydrogen-bond donors (Lipinski definition) is 3. The van der Waals surface area contributed by atoms with Gasteiger partial charge in [0.2, 0.25) is 17.6 Å². The summed E-state index contributed by atoms with van der Waals surface area (Å²) in [5.74, 6) is -3.78. The fourth-order valence-corrected chi connectivity index (χ4v) is 12.2. The molecule has 3 aromatic carbocycles. The van der Waals surface area contributed by atoms with E-state index in [1.165, 1.54) is 6.20 Å². The number of alkyl halides is 1. The number of nitrogens with one attached hydrogen (secondary N) is 3. The zero-order valence-electron chi connectivity index (χ0n) is 36.4. The summed E-state index contributed by atoms with van der Waals surface area (Å²) in [6.45, 7) is 6.94. The van der Waals surface area contributed by atoms with Crippen LogP contribution in [0.5, 0.6) is 0 Å².